The van der Waals surface area contributed by atoms with Crippen LogP contribution in [0.3, 0.4) is 0 Å². The summed E-state index contributed by atoms with van der Waals surface area (Å²) >= 11 is 11.8. The molecule has 1 aromatic carbocycles. The van der Waals surface area contributed by atoms with E-state index < -0.39 is 0 Å². The Morgan fingerprint density at radius 1 is 1.33 bits per heavy atom. The number of hydrogen-bond acceptors (Lipinski definition) is 1. The maximum absolute atomic E-state index is 5.94. The highest BCUT2D eigenvalue weighted by Gasteiger charge is 2.44. The van der Waals surface area contributed by atoms with E-state index in [4.69, 9.17) is 23.2 Å². The summed E-state index contributed by atoms with van der Waals surface area (Å²) in [6, 6.07) is 6.42. The molecule has 3 heteroatoms. The van der Waals surface area contributed by atoms with Crippen LogP contribution in [0.25, 0.3) is 0 Å². The Morgan fingerprint density at radius 2 is 2.00 bits per heavy atom. The lowest BCUT2D eigenvalue weighted by Gasteiger charge is -2.07. The van der Waals surface area contributed by atoms with Crippen molar-refractivity contribution in [2.75, 3.05) is 0 Å². The van der Waals surface area contributed by atoms with E-state index in [2.05, 4.69) is 19.2 Å². The second-order valence-corrected chi connectivity index (χ2v) is 5.69. The molecule has 1 aliphatic carbocycles. The van der Waals surface area contributed by atoms with Gasteiger partial charge in [-0.1, -0.05) is 43.1 Å². The van der Waals surface area contributed by atoms with Crippen LogP contribution < -0.4 is 5.32 Å². The van der Waals surface area contributed by atoms with Crippen molar-refractivity contribution in [1.29, 1.82) is 0 Å². The van der Waals surface area contributed by atoms with E-state index in [1.165, 1.54) is 12.0 Å². The monoisotopic (exact) mass is 243 g/mol. The van der Waals surface area contributed by atoms with Gasteiger partial charge in [0.1, 0.15) is 0 Å². The van der Waals surface area contributed by atoms with Gasteiger partial charge in [-0.2, -0.15) is 0 Å². The molecule has 0 spiro atoms. The molecule has 1 atom stereocenters. The van der Waals surface area contributed by atoms with Crippen molar-refractivity contribution < 1.29 is 0 Å². The summed E-state index contributed by atoms with van der Waals surface area (Å²) in [6.07, 6.45) is 1.26. The third-order valence-electron chi connectivity index (χ3n) is 3.05. The lowest BCUT2D eigenvalue weighted by Crippen LogP contribution is -2.19. The molecule has 0 aromatic heterocycles. The zero-order valence-corrected chi connectivity index (χ0v) is 10.5. The van der Waals surface area contributed by atoms with Crippen molar-refractivity contribution in [3.05, 3.63) is 33.8 Å². The van der Waals surface area contributed by atoms with Gasteiger partial charge in [0.2, 0.25) is 0 Å². The van der Waals surface area contributed by atoms with E-state index in [0.29, 0.717) is 21.5 Å². The van der Waals surface area contributed by atoms with Gasteiger partial charge in [-0.3, -0.25) is 0 Å². The second-order valence-electron chi connectivity index (χ2n) is 4.87. The summed E-state index contributed by atoms with van der Waals surface area (Å²) in [4.78, 5) is 0. The molecule has 82 valence electrons. The maximum Gasteiger partial charge on any atom is 0.0595 e. The van der Waals surface area contributed by atoms with Crippen LogP contribution in [-0.2, 0) is 6.54 Å². The summed E-state index contributed by atoms with van der Waals surface area (Å²) in [5.41, 5.74) is 1.66. The molecule has 0 bridgehead atoms. The predicted octanol–water partition coefficient (Wildman–Crippen LogP) is 3.88. The molecule has 15 heavy (non-hydrogen) atoms. The van der Waals surface area contributed by atoms with E-state index in [9.17, 15) is 0 Å². The number of nitrogens with one attached hydrogen (secondary N) is 1. The first kappa shape index (κ1) is 11.3. The maximum atomic E-state index is 5.94. The van der Waals surface area contributed by atoms with E-state index in [1.54, 1.807) is 0 Å². The quantitative estimate of drug-likeness (QED) is 0.850. The highest BCUT2D eigenvalue weighted by Crippen LogP contribution is 2.44. The SMILES string of the molecule is CC1(C)CC1NCc1ccc(Cl)c(Cl)c1. The van der Waals surface area contributed by atoms with Crippen LogP contribution in [0.4, 0.5) is 0 Å². The highest BCUT2D eigenvalue weighted by atomic mass is 35.5. The molecule has 0 radical (unpaired) electrons. The second kappa shape index (κ2) is 3.97. The summed E-state index contributed by atoms with van der Waals surface area (Å²) in [7, 11) is 0. The summed E-state index contributed by atoms with van der Waals surface area (Å²) in [6.45, 7) is 5.42. The Kier molecular flexibility index (Phi) is 2.98. The van der Waals surface area contributed by atoms with Gasteiger partial charge in [0.15, 0.2) is 0 Å². The van der Waals surface area contributed by atoms with Crippen LogP contribution in [0.1, 0.15) is 25.8 Å². The van der Waals surface area contributed by atoms with E-state index >= 15 is 0 Å². The Labute approximate surface area is 101 Å². The van der Waals surface area contributed by atoms with Crippen molar-refractivity contribution in [2.45, 2.75) is 32.9 Å². The van der Waals surface area contributed by atoms with Gasteiger partial charge in [0.05, 0.1) is 10.0 Å². The van der Waals surface area contributed by atoms with Crippen molar-refractivity contribution in [3.8, 4) is 0 Å². The fraction of sp³-hybridized carbons (Fsp3) is 0.500. The van der Waals surface area contributed by atoms with E-state index in [0.717, 1.165) is 6.54 Å². The van der Waals surface area contributed by atoms with Gasteiger partial charge in [-0.25, -0.2) is 0 Å². The average molecular weight is 244 g/mol. The third-order valence-corrected chi connectivity index (χ3v) is 3.79. The number of halogens is 2. The van der Waals surface area contributed by atoms with Crippen LogP contribution in [0, 0.1) is 5.41 Å². The summed E-state index contributed by atoms with van der Waals surface area (Å²) < 4.78 is 0. The molecule has 1 unspecified atom stereocenters. The molecule has 1 aliphatic rings. The van der Waals surface area contributed by atoms with Crippen LogP contribution in [0.15, 0.2) is 18.2 Å². The number of hydrogen-bond donors (Lipinski definition) is 1. The van der Waals surface area contributed by atoms with Crippen molar-refractivity contribution in [3.63, 3.8) is 0 Å². The zero-order chi connectivity index (χ0) is 11.1. The molecule has 0 saturated heterocycles. The highest BCUT2D eigenvalue weighted by molar-refractivity contribution is 6.42. The Balaban J connectivity index is 1.92. The van der Waals surface area contributed by atoms with Crippen LogP contribution >= 0.6 is 23.2 Å². The lowest BCUT2D eigenvalue weighted by molar-refractivity contribution is 0.542. The minimum atomic E-state index is 0.468. The first-order valence-electron chi connectivity index (χ1n) is 5.16. The topological polar surface area (TPSA) is 12.0 Å². The third kappa shape index (κ3) is 2.66. The largest absolute Gasteiger partial charge is 0.309 e. The molecule has 2 rings (SSSR count). The van der Waals surface area contributed by atoms with Crippen LogP contribution in [0.2, 0.25) is 10.0 Å². The van der Waals surface area contributed by atoms with Gasteiger partial charge in [-0.15, -0.1) is 0 Å². The summed E-state index contributed by atoms with van der Waals surface area (Å²) in [5.74, 6) is 0. The first-order chi connectivity index (χ1) is 6.99. The fourth-order valence-corrected chi connectivity index (χ4v) is 2.03. The normalized spacial score (nSPS) is 22.8. The average Bonchev–Trinajstić information content (AvgIpc) is 2.77. The molecule has 0 heterocycles. The van der Waals surface area contributed by atoms with Gasteiger partial charge in [-0.05, 0) is 29.5 Å². The minimum absolute atomic E-state index is 0.468. The van der Waals surface area contributed by atoms with Gasteiger partial charge in [0.25, 0.3) is 0 Å². The van der Waals surface area contributed by atoms with Gasteiger partial charge >= 0.3 is 0 Å². The van der Waals surface area contributed by atoms with Gasteiger partial charge < -0.3 is 5.32 Å². The van der Waals surface area contributed by atoms with E-state index in [-0.39, 0.29) is 0 Å². The van der Waals surface area contributed by atoms with Crippen LogP contribution in [-0.4, -0.2) is 6.04 Å². The Hall–Kier alpha value is -0.240. The van der Waals surface area contributed by atoms with Crippen molar-refractivity contribution in [1.82, 2.24) is 5.32 Å². The number of benzene rings is 1. The number of rotatable bonds is 3. The fourth-order valence-electron chi connectivity index (χ4n) is 1.71. The van der Waals surface area contributed by atoms with Gasteiger partial charge in [0, 0.05) is 12.6 Å². The molecule has 1 aromatic rings. The van der Waals surface area contributed by atoms with Crippen molar-refractivity contribution in [2.24, 2.45) is 5.41 Å². The smallest absolute Gasteiger partial charge is 0.0595 e. The molecule has 0 aliphatic heterocycles. The molecule has 1 N–H and O–H groups in total. The minimum Gasteiger partial charge on any atom is -0.309 e. The molecule has 1 fully saturated rings. The predicted molar refractivity (Wildman–Crippen MR) is 65.5 cm³/mol. The molecular formula is C12H15Cl2N. The standard InChI is InChI=1S/C12H15Cl2N/c1-12(2)6-11(12)15-7-8-3-4-9(13)10(14)5-8/h3-5,11,15H,6-7H2,1-2H3. The Bertz CT molecular complexity index is 374. The molecule has 1 nitrogen and oxygen atoms in total. The Morgan fingerprint density at radius 3 is 2.53 bits per heavy atom. The summed E-state index contributed by atoms with van der Waals surface area (Å²) in [5, 5.41) is 4.76. The molecule has 0 amide bonds. The lowest BCUT2D eigenvalue weighted by atomic mass is 10.2. The van der Waals surface area contributed by atoms with Crippen molar-refractivity contribution >= 4 is 23.2 Å². The molecule has 1 saturated carbocycles. The first-order valence-corrected chi connectivity index (χ1v) is 5.92. The zero-order valence-electron chi connectivity index (χ0n) is 8.98. The molecular weight excluding hydrogens is 229 g/mol. The van der Waals surface area contributed by atoms with E-state index in [1.807, 2.05) is 18.2 Å². The van der Waals surface area contributed by atoms with Crippen LogP contribution in [0.5, 0.6) is 0 Å².